The van der Waals surface area contributed by atoms with Crippen LogP contribution in [0.4, 0.5) is 4.79 Å². The van der Waals surface area contributed by atoms with Crippen molar-refractivity contribution in [2.45, 2.75) is 70.6 Å². The summed E-state index contributed by atoms with van der Waals surface area (Å²) in [5.74, 6) is -2.61. The highest BCUT2D eigenvalue weighted by Crippen LogP contribution is 2.28. The van der Waals surface area contributed by atoms with Crippen molar-refractivity contribution in [3.63, 3.8) is 0 Å². The van der Waals surface area contributed by atoms with Crippen molar-refractivity contribution in [1.82, 2.24) is 5.32 Å². The zero-order valence-corrected chi connectivity index (χ0v) is 12.3. The van der Waals surface area contributed by atoms with E-state index in [4.69, 9.17) is 6.11 Å². The molecule has 0 aromatic heterocycles. The first kappa shape index (κ1) is 15.1. The molecule has 0 heterocycles. The third-order valence-corrected chi connectivity index (χ3v) is 3.17. The standard InChI is InChI=1S/C14H25NO5/c1-14(2,3)20-13(19)15-10(12(17)18)11(16)9-7-5-4-6-8-9/h9-11,16H,4-8H2,1-3H3,(H,15,19)(H,17,18)/t10-,11-/m1/s1/i9D. The second-order valence-electron chi connectivity index (χ2n) is 6.13. The maximum absolute atomic E-state index is 11.7. The van der Waals surface area contributed by atoms with E-state index >= 15 is 0 Å². The number of carboxylic acids is 1. The van der Waals surface area contributed by atoms with Gasteiger partial charge in [0.05, 0.1) is 6.10 Å². The summed E-state index contributed by atoms with van der Waals surface area (Å²) in [4.78, 5) is 23.0. The SMILES string of the molecule is [2H]C1([C@@H](O)[C@@H](NC(=O)OC(C)(C)C)C(=O)O)CCCCC1. The molecule has 1 fully saturated rings. The zero-order valence-electron chi connectivity index (χ0n) is 13.3. The van der Waals surface area contributed by atoms with E-state index in [1.54, 1.807) is 20.8 Å². The Morgan fingerprint density at radius 3 is 2.30 bits per heavy atom. The van der Waals surface area contributed by atoms with Crippen LogP contribution in [0.15, 0.2) is 0 Å². The number of hydrogen-bond donors (Lipinski definition) is 3. The number of aliphatic hydroxyl groups is 1. The third-order valence-electron chi connectivity index (χ3n) is 3.17. The number of amides is 1. The molecule has 6 nitrogen and oxygen atoms in total. The Labute approximate surface area is 120 Å². The normalized spacial score (nSPS) is 22.3. The lowest BCUT2D eigenvalue weighted by Gasteiger charge is -2.31. The van der Waals surface area contributed by atoms with Gasteiger partial charge in [0.1, 0.15) is 5.60 Å². The topological polar surface area (TPSA) is 95.9 Å². The Morgan fingerprint density at radius 1 is 1.30 bits per heavy atom. The van der Waals surface area contributed by atoms with E-state index in [1.807, 2.05) is 0 Å². The molecule has 0 bridgehead atoms. The van der Waals surface area contributed by atoms with Gasteiger partial charge in [-0.25, -0.2) is 9.59 Å². The molecule has 3 N–H and O–H groups in total. The fourth-order valence-corrected chi connectivity index (χ4v) is 2.25. The number of rotatable bonds is 4. The number of ether oxygens (including phenoxy) is 1. The summed E-state index contributed by atoms with van der Waals surface area (Å²) >= 11 is 0. The minimum absolute atomic E-state index is 0.425. The molecule has 1 aliphatic carbocycles. The Hall–Kier alpha value is -1.30. The minimum atomic E-state index is -1.55. The predicted octanol–water partition coefficient (Wildman–Crippen LogP) is 1.91. The van der Waals surface area contributed by atoms with Crippen LogP contribution in [-0.4, -0.2) is 40.0 Å². The smallest absolute Gasteiger partial charge is 0.408 e. The van der Waals surface area contributed by atoms with Gasteiger partial charge >= 0.3 is 12.1 Å². The summed E-state index contributed by atoms with van der Waals surface area (Å²) in [5.41, 5.74) is -0.762. The average molecular weight is 288 g/mol. The average Bonchev–Trinajstić information content (AvgIpc) is 2.33. The summed E-state index contributed by atoms with van der Waals surface area (Å²) in [6.45, 7) is 4.98. The van der Waals surface area contributed by atoms with Crippen LogP contribution < -0.4 is 5.32 Å². The molecule has 2 atom stereocenters. The molecule has 1 aliphatic rings. The quantitative estimate of drug-likeness (QED) is 0.734. The minimum Gasteiger partial charge on any atom is -0.480 e. The number of alkyl carbamates (subject to hydrolysis) is 1. The van der Waals surface area contributed by atoms with Crippen molar-refractivity contribution < 1.29 is 25.9 Å². The fraction of sp³-hybridized carbons (Fsp3) is 0.857. The molecule has 6 heteroatoms. The van der Waals surface area contributed by atoms with Gasteiger partial charge in [0.25, 0.3) is 0 Å². The van der Waals surface area contributed by atoms with Gasteiger partial charge in [-0.3, -0.25) is 0 Å². The summed E-state index contributed by atoms with van der Waals surface area (Å²) < 4.78 is 13.3. The Kier molecular flexibility index (Phi) is 5.23. The summed E-state index contributed by atoms with van der Waals surface area (Å²) in [6.07, 6.45) is 1.00. The predicted molar refractivity (Wildman–Crippen MR) is 73.4 cm³/mol. The first-order chi connectivity index (χ1) is 9.55. The van der Waals surface area contributed by atoms with E-state index in [0.717, 1.165) is 19.3 Å². The number of aliphatic hydroxyl groups excluding tert-OH is 1. The van der Waals surface area contributed by atoms with Crippen LogP contribution >= 0.6 is 0 Å². The van der Waals surface area contributed by atoms with E-state index in [1.165, 1.54) is 0 Å². The molecule has 0 saturated heterocycles. The second kappa shape index (κ2) is 6.92. The maximum Gasteiger partial charge on any atom is 0.408 e. The van der Waals surface area contributed by atoms with Crippen molar-refractivity contribution in [2.75, 3.05) is 0 Å². The Bertz CT molecular complexity index is 387. The third kappa shape index (κ3) is 5.36. The van der Waals surface area contributed by atoms with E-state index < -0.39 is 35.7 Å². The molecule has 20 heavy (non-hydrogen) atoms. The summed E-state index contributed by atoms with van der Waals surface area (Å²) in [7, 11) is 0. The maximum atomic E-state index is 11.7. The molecule has 0 spiro atoms. The molecule has 0 aromatic rings. The van der Waals surface area contributed by atoms with Crippen molar-refractivity contribution >= 4 is 12.1 Å². The molecule has 0 aliphatic heterocycles. The number of aliphatic carboxylic acids is 1. The van der Waals surface area contributed by atoms with Crippen LogP contribution in [0.25, 0.3) is 0 Å². The van der Waals surface area contributed by atoms with Crippen LogP contribution in [0.1, 0.15) is 54.2 Å². The number of carbonyl (C=O) groups is 2. The monoisotopic (exact) mass is 288 g/mol. The number of carboxylic acid groups (broad SMARTS) is 1. The molecule has 0 unspecified atom stereocenters. The molecule has 1 rings (SSSR count). The van der Waals surface area contributed by atoms with E-state index in [9.17, 15) is 19.8 Å². The highest BCUT2D eigenvalue weighted by atomic mass is 16.6. The van der Waals surface area contributed by atoms with Gasteiger partial charge in [-0.15, -0.1) is 0 Å². The van der Waals surface area contributed by atoms with Crippen LogP contribution in [0, 0.1) is 5.89 Å². The highest BCUT2D eigenvalue weighted by Gasteiger charge is 2.35. The lowest BCUT2D eigenvalue weighted by atomic mass is 9.82. The van der Waals surface area contributed by atoms with Crippen molar-refractivity contribution in [1.29, 1.82) is 0 Å². The molecule has 0 aromatic carbocycles. The molecular weight excluding hydrogens is 262 g/mol. The van der Waals surface area contributed by atoms with Crippen LogP contribution in [0.3, 0.4) is 0 Å². The van der Waals surface area contributed by atoms with Gasteiger partial charge < -0.3 is 20.3 Å². The lowest BCUT2D eigenvalue weighted by molar-refractivity contribution is -0.144. The molecular formula is C14H25NO5. The molecule has 116 valence electrons. The molecule has 0 radical (unpaired) electrons. The van der Waals surface area contributed by atoms with Crippen LogP contribution in [-0.2, 0) is 9.53 Å². The Balaban J connectivity index is 2.76. The van der Waals surface area contributed by atoms with Gasteiger partial charge in [0, 0.05) is 1.37 Å². The number of nitrogens with one attached hydrogen (secondary N) is 1. The number of carbonyl (C=O) groups excluding carboxylic acids is 1. The van der Waals surface area contributed by atoms with E-state index in [-0.39, 0.29) is 0 Å². The first-order valence-electron chi connectivity index (χ1n) is 7.45. The van der Waals surface area contributed by atoms with Crippen LogP contribution in [0.2, 0.25) is 0 Å². The summed E-state index contributed by atoms with van der Waals surface area (Å²) in [5, 5.41) is 21.7. The van der Waals surface area contributed by atoms with E-state index in [0.29, 0.717) is 12.8 Å². The lowest BCUT2D eigenvalue weighted by Crippen LogP contribution is -2.52. The van der Waals surface area contributed by atoms with Crippen molar-refractivity contribution in [3.05, 3.63) is 0 Å². The van der Waals surface area contributed by atoms with Crippen molar-refractivity contribution in [3.8, 4) is 0 Å². The summed E-state index contributed by atoms with van der Waals surface area (Å²) in [6, 6.07) is -1.55. The number of hydrogen-bond acceptors (Lipinski definition) is 4. The van der Waals surface area contributed by atoms with Crippen LogP contribution in [0.5, 0.6) is 0 Å². The molecule has 1 saturated carbocycles. The van der Waals surface area contributed by atoms with Gasteiger partial charge in [0.15, 0.2) is 6.04 Å². The second-order valence-corrected chi connectivity index (χ2v) is 6.13. The zero-order chi connectivity index (χ0) is 16.3. The van der Waals surface area contributed by atoms with E-state index in [2.05, 4.69) is 5.32 Å². The first-order valence-corrected chi connectivity index (χ1v) is 6.95. The largest absolute Gasteiger partial charge is 0.480 e. The highest BCUT2D eigenvalue weighted by molar-refractivity contribution is 5.80. The van der Waals surface area contributed by atoms with Gasteiger partial charge in [-0.1, -0.05) is 19.3 Å². The van der Waals surface area contributed by atoms with Gasteiger partial charge in [0.2, 0.25) is 0 Å². The van der Waals surface area contributed by atoms with Gasteiger partial charge in [-0.05, 0) is 39.5 Å². The van der Waals surface area contributed by atoms with Crippen molar-refractivity contribution in [2.24, 2.45) is 5.89 Å². The van der Waals surface area contributed by atoms with Gasteiger partial charge in [-0.2, -0.15) is 0 Å². The Morgan fingerprint density at radius 2 is 1.85 bits per heavy atom. The fourth-order valence-electron chi connectivity index (χ4n) is 2.25. The molecule has 1 amide bonds.